The molecule has 2 aliphatic rings. The molecule has 0 radical (unpaired) electrons. The summed E-state index contributed by atoms with van der Waals surface area (Å²) < 4.78 is 23.9. The summed E-state index contributed by atoms with van der Waals surface area (Å²) >= 11 is 1.65. The standard InChI is InChI=1S/C10H19NO2S2/c1-3-11-9-4-5-14-10-8(9)6-7(2)15(10,12)13/h7-11H,3-6H2,1-2H3. The fourth-order valence-electron chi connectivity index (χ4n) is 2.71. The van der Waals surface area contributed by atoms with Gasteiger partial charge in [-0.1, -0.05) is 6.92 Å². The van der Waals surface area contributed by atoms with E-state index in [9.17, 15) is 8.42 Å². The quantitative estimate of drug-likeness (QED) is 0.800. The predicted molar refractivity (Wildman–Crippen MR) is 64.8 cm³/mol. The summed E-state index contributed by atoms with van der Waals surface area (Å²) in [6, 6.07) is 0.418. The highest BCUT2D eigenvalue weighted by atomic mass is 32.3. The van der Waals surface area contributed by atoms with Crippen LogP contribution in [-0.4, -0.2) is 36.6 Å². The molecule has 0 amide bonds. The molecule has 2 rings (SSSR count). The van der Waals surface area contributed by atoms with Gasteiger partial charge in [0.15, 0.2) is 9.84 Å². The van der Waals surface area contributed by atoms with Crippen LogP contribution in [0.15, 0.2) is 0 Å². The molecule has 2 heterocycles. The summed E-state index contributed by atoms with van der Waals surface area (Å²) in [5.74, 6) is 1.31. The van der Waals surface area contributed by atoms with Gasteiger partial charge >= 0.3 is 0 Å². The third-order valence-corrected chi connectivity index (χ3v) is 8.21. The van der Waals surface area contributed by atoms with E-state index in [0.29, 0.717) is 12.0 Å². The summed E-state index contributed by atoms with van der Waals surface area (Å²) in [5.41, 5.74) is 0. The van der Waals surface area contributed by atoms with Crippen LogP contribution in [0.1, 0.15) is 26.7 Å². The van der Waals surface area contributed by atoms with Crippen LogP contribution < -0.4 is 5.32 Å². The van der Waals surface area contributed by atoms with Crippen molar-refractivity contribution >= 4 is 21.6 Å². The molecule has 2 fully saturated rings. The Hall–Kier alpha value is 0.260. The largest absolute Gasteiger partial charge is 0.314 e. The average Bonchev–Trinajstić information content (AvgIpc) is 2.41. The highest BCUT2D eigenvalue weighted by Crippen LogP contribution is 2.45. The molecule has 0 aromatic carbocycles. The number of thioether (sulfide) groups is 1. The molecule has 0 aliphatic carbocycles. The first kappa shape index (κ1) is 11.7. The van der Waals surface area contributed by atoms with E-state index in [1.165, 1.54) is 0 Å². The molecule has 3 nitrogen and oxygen atoms in total. The molecule has 2 aliphatic heterocycles. The van der Waals surface area contributed by atoms with E-state index in [-0.39, 0.29) is 9.83 Å². The Morgan fingerprint density at radius 2 is 2.20 bits per heavy atom. The van der Waals surface area contributed by atoms with Gasteiger partial charge in [-0.3, -0.25) is 0 Å². The van der Waals surface area contributed by atoms with Gasteiger partial charge in [-0.15, -0.1) is 11.8 Å². The van der Waals surface area contributed by atoms with E-state index < -0.39 is 9.84 Å². The number of nitrogens with one attached hydrogen (secondary N) is 1. The summed E-state index contributed by atoms with van der Waals surface area (Å²) in [6.07, 6.45) is 1.96. The number of hydrogen-bond donors (Lipinski definition) is 1. The first-order valence-electron chi connectivity index (χ1n) is 5.65. The molecule has 1 N–H and O–H groups in total. The minimum Gasteiger partial charge on any atom is -0.314 e. The Morgan fingerprint density at radius 3 is 2.87 bits per heavy atom. The monoisotopic (exact) mass is 249 g/mol. The summed E-state index contributed by atoms with van der Waals surface area (Å²) in [5, 5.41) is 3.30. The van der Waals surface area contributed by atoms with Gasteiger partial charge in [0.05, 0.1) is 5.25 Å². The molecular weight excluding hydrogens is 230 g/mol. The lowest BCUT2D eigenvalue weighted by Gasteiger charge is -2.32. The second kappa shape index (κ2) is 4.26. The van der Waals surface area contributed by atoms with Gasteiger partial charge in [0.25, 0.3) is 0 Å². The van der Waals surface area contributed by atoms with Crippen LogP contribution in [-0.2, 0) is 9.84 Å². The molecule has 15 heavy (non-hydrogen) atoms. The third kappa shape index (κ3) is 1.94. The lowest BCUT2D eigenvalue weighted by Crippen LogP contribution is -2.43. The fraction of sp³-hybridized carbons (Fsp3) is 1.00. The Labute approximate surface area is 96.3 Å². The first-order chi connectivity index (χ1) is 7.07. The van der Waals surface area contributed by atoms with E-state index in [1.54, 1.807) is 11.8 Å². The molecule has 2 saturated heterocycles. The van der Waals surface area contributed by atoms with Gasteiger partial charge in [0.2, 0.25) is 0 Å². The van der Waals surface area contributed by atoms with Crippen molar-refractivity contribution in [2.45, 2.75) is 42.6 Å². The third-order valence-electron chi connectivity index (χ3n) is 3.53. The SMILES string of the molecule is CCNC1CCSC2C1CC(C)S2(=O)=O. The van der Waals surface area contributed by atoms with Crippen LogP contribution >= 0.6 is 11.8 Å². The fourth-order valence-corrected chi connectivity index (χ4v) is 7.24. The van der Waals surface area contributed by atoms with Gasteiger partial charge in [-0.25, -0.2) is 8.42 Å². The maximum Gasteiger partial charge on any atom is 0.165 e. The molecule has 0 aromatic rings. The van der Waals surface area contributed by atoms with Crippen LogP contribution in [0.2, 0.25) is 0 Å². The summed E-state index contributed by atoms with van der Waals surface area (Å²) in [7, 11) is -2.85. The average molecular weight is 249 g/mol. The highest BCUT2D eigenvalue weighted by molar-refractivity contribution is 8.13. The van der Waals surface area contributed by atoms with Crippen LogP contribution in [0.3, 0.4) is 0 Å². The Balaban J connectivity index is 2.20. The normalized spacial score (nSPS) is 43.9. The zero-order valence-corrected chi connectivity index (χ0v) is 10.9. The van der Waals surface area contributed by atoms with E-state index in [0.717, 1.165) is 25.1 Å². The molecule has 0 bridgehead atoms. The Kier molecular flexibility index (Phi) is 3.33. The lowest BCUT2D eigenvalue weighted by atomic mass is 9.94. The predicted octanol–water partition coefficient (Wildman–Crippen LogP) is 1.25. The molecule has 0 aromatic heterocycles. The topological polar surface area (TPSA) is 46.2 Å². The Morgan fingerprint density at radius 1 is 1.47 bits per heavy atom. The van der Waals surface area contributed by atoms with E-state index >= 15 is 0 Å². The second-order valence-corrected chi connectivity index (χ2v) is 8.53. The molecule has 4 atom stereocenters. The van der Waals surface area contributed by atoms with E-state index in [2.05, 4.69) is 12.2 Å². The lowest BCUT2D eigenvalue weighted by molar-refractivity contribution is 0.355. The van der Waals surface area contributed by atoms with Gasteiger partial charge < -0.3 is 5.32 Å². The maximum absolute atomic E-state index is 12.0. The molecule has 0 saturated carbocycles. The van der Waals surface area contributed by atoms with Crippen molar-refractivity contribution in [3.05, 3.63) is 0 Å². The smallest absolute Gasteiger partial charge is 0.165 e. The number of rotatable bonds is 2. The van der Waals surface area contributed by atoms with Crippen LogP contribution in [0.4, 0.5) is 0 Å². The van der Waals surface area contributed by atoms with Gasteiger partial charge in [0, 0.05) is 12.0 Å². The minimum absolute atomic E-state index is 0.134. The van der Waals surface area contributed by atoms with Crippen molar-refractivity contribution in [2.75, 3.05) is 12.3 Å². The molecule has 4 unspecified atom stereocenters. The molecule has 88 valence electrons. The maximum atomic E-state index is 12.0. The van der Waals surface area contributed by atoms with Crippen molar-refractivity contribution in [2.24, 2.45) is 5.92 Å². The zero-order valence-electron chi connectivity index (χ0n) is 9.27. The van der Waals surface area contributed by atoms with E-state index in [1.807, 2.05) is 6.92 Å². The number of hydrogen-bond acceptors (Lipinski definition) is 4. The molecule has 0 spiro atoms. The number of sulfone groups is 1. The van der Waals surface area contributed by atoms with Crippen molar-refractivity contribution in [1.29, 1.82) is 0 Å². The van der Waals surface area contributed by atoms with E-state index in [4.69, 9.17) is 0 Å². The minimum atomic E-state index is -2.85. The second-order valence-electron chi connectivity index (χ2n) is 4.49. The highest BCUT2D eigenvalue weighted by Gasteiger charge is 2.50. The van der Waals surface area contributed by atoms with Crippen molar-refractivity contribution in [3.63, 3.8) is 0 Å². The van der Waals surface area contributed by atoms with Crippen LogP contribution in [0.25, 0.3) is 0 Å². The van der Waals surface area contributed by atoms with Crippen LogP contribution in [0, 0.1) is 5.92 Å². The van der Waals surface area contributed by atoms with Crippen molar-refractivity contribution in [1.82, 2.24) is 5.32 Å². The van der Waals surface area contributed by atoms with Crippen molar-refractivity contribution in [3.8, 4) is 0 Å². The van der Waals surface area contributed by atoms with Gasteiger partial charge in [-0.2, -0.15) is 0 Å². The molecular formula is C10H19NO2S2. The number of fused-ring (bicyclic) bond motifs is 1. The molecule has 5 heteroatoms. The van der Waals surface area contributed by atoms with Gasteiger partial charge in [-0.05, 0) is 32.1 Å². The summed E-state index contributed by atoms with van der Waals surface area (Å²) in [4.78, 5) is 0. The van der Waals surface area contributed by atoms with Crippen LogP contribution in [0.5, 0.6) is 0 Å². The Bertz CT molecular complexity index is 326. The summed E-state index contributed by atoms with van der Waals surface area (Å²) in [6.45, 7) is 4.88. The first-order valence-corrected chi connectivity index (χ1v) is 8.31. The van der Waals surface area contributed by atoms with Crippen molar-refractivity contribution < 1.29 is 8.42 Å². The van der Waals surface area contributed by atoms with Gasteiger partial charge in [0.1, 0.15) is 4.58 Å². The zero-order chi connectivity index (χ0) is 11.1.